The lowest BCUT2D eigenvalue weighted by Gasteiger charge is -2.18. The third kappa shape index (κ3) is 4.67. The van der Waals surface area contributed by atoms with E-state index in [1.807, 2.05) is 45.0 Å². The van der Waals surface area contributed by atoms with Crippen LogP contribution in [0.2, 0.25) is 5.02 Å². The molecule has 1 rings (SSSR count). The van der Waals surface area contributed by atoms with Gasteiger partial charge in [0, 0.05) is 17.5 Å². The van der Waals surface area contributed by atoms with Crippen LogP contribution in [-0.2, 0) is 4.79 Å². The Hall–Kier alpha value is -1.06. The van der Waals surface area contributed by atoms with Gasteiger partial charge in [-0.3, -0.25) is 4.79 Å². The van der Waals surface area contributed by atoms with Crippen LogP contribution in [0.25, 0.3) is 0 Å². The zero-order valence-corrected chi connectivity index (χ0v) is 11.9. The van der Waals surface area contributed by atoms with Gasteiger partial charge < -0.3 is 11.1 Å². The van der Waals surface area contributed by atoms with Gasteiger partial charge >= 0.3 is 0 Å². The van der Waals surface area contributed by atoms with Crippen LogP contribution >= 0.6 is 11.6 Å². The quantitative estimate of drug-likeness (QED) is 0.863. The van der Waals surface area contributed by atoms with Gasteiger partial charge in [-0.2, -0.15) is 0 Å². The summed E-state index contributed by atoms with van der Waals surface area (Å²) in [7, 11) is 0. The van der Waals surface area contributed by atoms with Gasteiger partial charge in [0.2, 0.25) is 5.91 Å². The third-order valence-electron chi connectivity index (χ3n) is 3.02. The Morgan fingerprint density at radius 1 is 1.28 bits per heavy atom. The van der Waals surface area contributed by atoms with Gasteiger partial charge in [0.05, 0.1) is 6.04 Å². The van der Waals surface area contributed by atoms with Crippen molar-refractivity contribution in [1.29, 1.82) is 0 Å². The molecule has 0 aromatic heterocycles. The maximum atomic E-state index is 11.8. The molecule has 0 aliphatic carbocycles. The van der Waals surface area contributed by atoms with Crippen LogP contribution in [0.4, 0.5) is 0 Å². The number of amides is 1. The van der Waals surface area contributed by atoms with Gasteiger partial charge in [-0.15, -0.1) is 0 Å². The number of benzene rings is 1. The molecule has 3 nitrogen and oxygen atoms in total. The monoisotopic (exact) mass is 268 g/mol. The molecule has 0 aliphatic heterocycles. The SMILES string of the molecule is CC(NC(=O)CC(N)C(C)C)c1ccc(Cl)cc1. The number of halogens is 1. The molecule has 1 aromatic rings. The van der Waals surface area contributed by atoms with Crippen molar-refractivity contribution in [3.05, 3.63) is 34.9 Å². The second-order valence-corrected chi connectivity index (χ2v) is 5.39. The van der Waals surface area contributed by atoms with E-state index in [1.165, 1.54) is 0 Å². The van der Waals surface area contributed by atoms with Crippen LogP contribution in [0.15, 0.2) is 24.3 Å². The summed E-state index contributed by atoms with van der Waals surface area (Å²) in [5.74, 6) is 0.292. The Morgan fingerprint density at radius 2 is 1.83 bits per heavy atom. The maximum absolute atomic E-state index is 11.8. The molecule has 0 aliphatic rings. The number of carbonyl (C=O) groups excluding carboxylic acids is 1. The molecule has 0 spiro atoms. The fourth-order valence-corrected chi connectivity index (χ4v) is 1.71. The Bertz CT molecular complexity index is 389. The molecule has 2 unspecified atom stereocenters. The molecule has 2 atom stereocenters. The summed E-state index contributed by atoms with van der Waals surface area (Å²) in [5, 5.41) is 3.63. The molecule has 18 heavy (non-hydrogen) atoms. The van der Waals surface area contributed by atoms with E-state index >= 15 is 0 Å². The maximum Gasteiger partial charge on any atom is 0.222 e. The fourth-order valence-electron chi connectivity index (χ4n) is 1.58. The van der Waals surface area contributed by atoms with E-state index in [9.17, 15) is 4.79 Å². The second-order valence-electron chi connectivity index (χ2n) is 4.95. The van der Waals surface area contributed by atoms with Crippen LogP contribution in [0.1, 0.15) is 38.8 Å². The number of nitrogens with one attached hydrogen (secondary N) is 1. The minimum atomic E-state index is -0.0950. The molecular formula is C14H21ClN2O. The van der Waals surface area contributed by atoms with E-state index in [0.29, 0.717) is 17.4 Å². The van der Waals surface area contributed by atoms with Crippen molar-refractivity contribution in [3.63, 3.8) is 0 Å². The largest absolute Gasteiger partial charge is 0.350 e. The molecule has 1 amide bonds. The van der Waals surface area contributed by atoms with Gasteiger partial charge in [0.25, 0.3) is 0 Å². The fraction of sp³-hybridized carbons (Fsp3) is 0.500. The van der Waals surface area contributed by atoms with E-state index in [0.717, 1.165) is 5.56 Å². The van der Waals surface area contributed by atoms with Gasteiger partial charge in [0.15, 0.2) is 0 Å². The molecule has 0 heterocycles. The minimum Gasteiger partial charge on any atom is -0.350 e. The van der Waals surface area contributed by atoms with Crippen LogP contribution in [0.5, 0.6) is 0 Å². The number of hydrogen-bond acceptors (Lipinski definition) is 2. The molecule has 3 N–H and O–H groups in total. The number of hydrogen-bond donors (Lipinski definition) is 2. The predicted molar refractivity (Wildman–Crippen MR) is 75.4 cm³/mol. The molecule has 0 fully saturated rings. The van der Waals surface area contributed by atoms with Gasteiger partial charge in [-0.1, -0.05) is 37.6 Å². The predicted octanol–water partition coefficient (Wildman–Crippen LogP) is 2.89. The Labute approximate surface area is 114 Å². The summed E-state index contributed by atoms with van der Waals surface area (Å²) in [6.07, 6.45) is 0.357. The summed E-state index contributed by atoms with van der Waals surface area (Å²) < 4.78 is 0. The second kappa shape index (κ2) is 6.76. The molecule has 0 saturated heterocycles. The van der Waals surface area contributed by atoms with E-state index in [4.69, 9.17) is 17.3 Å². The first-order chi connectivity index (χ1) is 8.40. The van der Waals surface area contributed by atoms with Crippen LogP contribution in [0, 0.1) is 5.92 Å². The molecule has 0 bridgehead atoms. The zero-order chi connectivity index (χ0) is 13.7. The first-order valence-corrected chi connectivity index (χ1v) is 6.58. The van der Waals surface area contributed by atoms with E-state index in [2.05, 4.69) is 5.32 Å². The summed E-state index contributed by atoms with van der Waals surface area (Å²) in [6.45, 7) is 5.98. The summed E-state index contributed by atoms with van der Waals surface area (Å²) >= 11 is 5.82. The summed E-state index contributed by atoms with van der Waals surface area (Å²) in [5.41, 5.74) is 6.91. The summed E-state index contributed by atoms with van der Waals surface area (Å²) in [6, 6.07) is 7.33. The van der Waals surface area contributed by atoms with Crippen molar-refractivity contribution in [1.82, 2.24) is 5.32 Å². The Morgan fingerprint density at radius 3 is 2.33 bits per heavy atom. The van der Waals surface area contributed by atoms with Crippen LogP contribution < -0.4 is 11.1 Å². The van der Waals surface area contributed by atoms with E-state index in [1.54, 1.807) is 0 Å². The lowest BCUT2D eigenvalue weighted by molar-refractivity contribution is -0.122. The Balaban J connectivity index is 2.51. The van der Waals surface area contributed by atoms with Gasteiger partial charge in [0.1, 0.15) is 0 Å². The van der Waals surface area contributed by atoms with Crippen LogP contribution in [0.3, 0.4) is 0 Å². The third-order valence-corrected chi connectivity index (χ3v) is 3.28. The van der Waals surface area contributed by atoms with Crippen LogP contribution in [-0.4, -0.2) is 11.9 Å². The highest BCUT2D eigenvalue weighted by Gasteiger charge is 2.15. The molecule has 1 aromatic carbocycles. The van der Waals surface area contributed by atoms with Crippen molar-refractivity contribution >= 4 is 17.5 Å². The molecular weight excluding hydrogens is 248 g/mol. The van der Waals surface area contributed by atoms with Gasteiger partial charge in [-0.05, 0) is 30.5 Å². The highest BCUT2D eigenvalue weighted by Crippen LogP contribution is 2.16. The van der Waals surface area contributed by atoms with Crippen molar-refractivity contribution in [3.8, 4) is 0 Å². The number of nitrogens with two attached hydrogens (primary N) is 1. The average molecular weight is 269 g/mol. The highest BCUT2D eigenvalue weighted by molar-refractivity contribution is 6.30. The molecule has 100 valence electrons. The minimum absolute atomic E-state index is 0.0151. The normalized spacial score (nSPS) is 14.3. The lowest BCUT2D eigenvalue weighted by atomic mass is 10.0. The van der Waals surface area contributed by atoms with Crippen molar-refractivity contribution in [2.45, 2.75) is 39.3 Å². The smallest absolute Gasteiger partial charge is 0.222 e. The van der Waals surface area contributed by atoms with Crippen molar-refractivity contribution in [2.75, 3.05) is 0 Å². The summed E-state index contributed by atoms with van der Waals surface area (Å²) in [4.78, 5) is 11.8. The standard InChI is InChI=1S/C14H21ClN2O/c1-9(2)13(16)8-14(18)17-10(3)11-4-6-12(15)7-5-11/h4-7,9-10,13H,8,16H2,1-3H3,(H,17,18). The number of rotatable bonds is 5. The molecule has 4 heteroatoms. The van der Waals surface area contributed by atoms with Crippen molar-refractivity contribution in [2.24, 2.45) is 11.7 Å². The molecule has 0 saturated carbocycles. The first kappa shape index (κ1) is 15.0. The highest BCUT2D eigenvalue weighted by atomic mass is 35.5. The lowest BCUT2D eigenvalue weighted by Crippen LogP contribution is -2.35. The van der Waals surface area contributed by atoms with E-state index in [-0.39, 0.29) is 18.0 Å². The molecule has 0 radical (unpaired) electrons. The zero-order valence-electron chi connectivity index (χ0n) is 11.1. The Kier molecular flexibility index (Phi) is 5.63. The first-order valence-electron chi connectivity index (χ1n) is 6.20. The average Bonchev–Trinajstić information content (AvgIpc) is 2.29. The number of carbonyl (C=O) groups is 1. The van der Waals surface area contributed by atoms with Gasteiger partial charge in [-0.25, -0.2) is 0 Å². The van der Waals surface area contributed by atoms with Crippen molar-refractivity contribution < 1.29 is 4.79 Å². The van der Waals surface area contributed by atoms with E-state index < -0.39 is 0 Å². The topological polar surface area (TPSA) is 55.1 Å².